The number of hydrogen-bond donors (Lipinski definition) is 2. The third kappa shape index (κ3) is 3.92. The van der Waals surface area contributed by atoms with E-state index in [-0.39, 0.29) is 0 Å². The van der Waals surface area contributed by atoms with E-state index in [1.165, 1.54) is 0 Å². The first-order valence-corrected chi connectivity index (χ1v) is 11.0. The van der Waals surface area contributed by atoms with E-state index in [9.17, 15) is 8.42 Å². The Kier molecular flexibility index (Phi) is 5.39. The molecule has 0 saturated carbocycles. The zero-order valence-corrected chi connectivity index (χ0v) is 16.8. The first kappa shape index (κ1) is 19.0. The molecule has 0 atom stereocenters. The molecule has 6 nitrogen and oxygen atoms in total. The minimum Gasteiger partial charge on any atom is -0.381 e. The molecule has 0 aliphatic carbocycles. The van der Waals surface area contributed by atoms with Crippen LogP contribution in [0.4, 0.5) is 5.69 Å². The largest absolute Gasteiger partial charge is 0.381 e. The third-order valence-corrected chi connectivity index (χ3v) is 7.06. The minimum atomic E-state index is -3.38. The molecular formula is C20H21ClN4O2S. The Hall–Kier alpha value is -2.35. The van der Waals surface area contributed by atoms with E-state index in [4.69, 9.17) is 11.6 Å². The van der Waals surface area contributed by atoms with Crippen molar-refractivity contribution in [3.63, 3.8) is 0 Å². The van der Waals surface area contributed by atoms with E-state index in [1.807, 2.05) is 24.3 Å². The molecule has 2 heterocycles. The molecule has 1 aliphatic rings. The fourth-order valence-electron chi connectivity index (χ4n) is 3.33. The second-order valence-corrected chi connectivity index (χ2v) is 9.14. The van der Waals surface area contributed by atoms with Crippen LogP contribution in [0.1, 0.15) is 18.4 Å². The number of sulfonamides is 1. The lowest BCUT2D eigenvalue weighted by Crippen LogP contribution is -2.27. The molecule has 28 heavy (non-hydrogen) atoms. The molecule has 3 aromatic rings. The molecule has 1 saturated heterocycles. The normalized spacial score (nSPS) is 15.0. The van der Waals surface area contributed by atoms with Gasteiger partial charge in [-0.05, 0) is 54.8 Å². The third-order valence-electron chi connectivity index (χ3n) is 4.89. The summed E-state index contributed by atoms with van der Waals surface area (Å²) in [4.78, 5) is 0.338. The maximum Gasteiger partial charge on any atom is 0.243 e. The van der Waals surface area contributed by atoms with Gasteiger partial charge in [0.15, 0.2) is 0 Å². The molecule has 0 amide bonds. The van der Waals surface area contributed by atoms with Crippen molar-refractivity contribution in [3.8, 4) is 11.3 Å². The number of aromatic amines is 1. The zero-order valence-electron chi connectivity index (χ0n) is 15.2. The van der Waals surface area contributed by atoms with E-state index >= 15 is 0 Å². The summed E-state index contributed by atoms with van der Waals surface area (Å²) in [6.07, 6.45) is 3.64. The summed E-state index contributed by atoms with van der Waals surface area (Å²) >= 11 is 5.96. The van der Waals surface area contributed by atoms with E-state index in [0.717, 1.165) is 35.3 Å². The van der Waals surface area contributed by atoms with Crippen LogP contribution in [0.25, 0.3) is 11.3 Å². The van der Waals surface area contributed by atoms with Gasteiger partial charge in [-0.25, -0.2) is 8.42 Å². The summed E-state index contributed by atoms with van der Waals surface area (Å²) in [6, 6.07) is 14.5. The average Bonchev–Trinajstić information content (AvgIpc) is 3.40. The van der Waals surface area contributed by atoms with Crippen molar-refractivity contribution >= 4 is 27.3 Å². The highest BCUT2D eigenvalue weighted by molar-refractivity contribution is 7.89. The van der Waals surface area contributed by atoms with Crippen LogP contribution in [0.2, 0.25) is 5.02 Å². The summed E-state index contributed by atoms with van der Waals surface area (Å²) in [5.74, 6) is 0. The van der Waals surface area contributed by atoms with Gasteiger partial charge in [0.05, 0.1) is 16.8 Å². The molecule has 0 unspecified atom stereocenters. The summed E-state index contributed by atoms with van der Waals surface area (Å²) < 4.78 is 26.8. The number of halogens is 1. The molecular weight excluding hydrogens is 396 g/mol. The van der Waals surface area contributed by atoms with Gasteiger partial charge in [-0.2, -0.15) is 9.40 Å². The Bertz CT molecular complexity index is 1040. The average molecular weight is 417 g/mol. The SMILES string of the molecule is O=S(=O)(c1ccc(NCc2cn[nH]c2-c2ccc(Cl)cc2)cc1)N1CCCC1. The van der Waals surface area contributed by atoms with Crippen LogP contribution in [0.15, 0.2) is 59.6 Å². The van der Waals surface area contributed by atoms with Crippen LogP contribution in [0, 0.1) is 0 Å². The number of nitrogens with one attached hydrogen (secondary N) is 2. The van der Waals surface area contributed by atoms with Crippen molar-refractivity contribution in [2.75, 3.05) is 18.4 Å². The highest BCUT2D eigenvalue weighted by atomic mass is 35.5. The monoisotopic (exact) mass is 416 g/mol. The fraction of sp³-hybridized carbons (Fsp3) is 0.250. The highest BCUT2D eigenvalue weighted by Crippen LogP contribution is 2.25. The van der Waals surface area contributed by atoms with Gasteiger partial charge in [0.25, 0.3) is 0 Å². The Labute approximate surface area is 169 Å². The van der Waals surface area contributed by atoms with Crippen molar-refractivity contribution < 1.29 is 8.42 Å². The Morgan fingerprint density at radius 3 is 2.39 bits per heavy atom. The van der Waals surface area contributed by atoms with Crippen molar-refractivity contribution in [2.45, 2.75) is 24.3 Å². The first-order valence-electron chi connectivity index (χ1n) is 9.16. The molecule has 0 spiro atoms. The molecule has 146 valence electrons. The van der Waals surface area contributed by atoms with Crippen LogP contribution < -0.4 is 5.32 Å². The fourth-order valence-corrected chi connectivity index (χ4v) is 4.97. The van der Waals surface area contributed by atoms with Crippen molar-refractivity contribution in [1.82, 2.24) is 14.5 Å². The predicted molar refractivity (Wildman–Crippen MR) is 111 cm³/mol. The van der Waals surface area contributed by atoms with Gasteiger partial charge in [-0.1, -0.05) is 23.7 Å². The quantitative estimate of drug-likeness (QED) is 0.633. The van der Waals surface area contributed by atoms with Crippen LogP contribution in [-0.2, 0) is 16.6 Å². The van der Waals surface area contributed by atoms with E-state index in [1.54, 1.807) is 34.8 Å². The molecule has 4 rings (SSSR count). The molecule has 2 N–H and O–H groups in total. The standard InChI is InChI=1S/C20H21ClN4O2S/c21-17-5-3-15(4-6-17)20-16(14-23-24-20)13-22-18-7-9-19(10-8-18)28(26,27)25-11-1-2-12-25/h3-10,14,22H,1-2,11-13H2,(H,23,24). The second-order valence-electron chi connectivity index (χ2n) is 6.77. The summed E-state index contributed by atoms with van der Waals surface area (Å²) in [5.41, 5.74) is 3.79. The van der Waals surface area contributed by atoms with Gasteiger partial charge >= 0.3 is 0 Å². The number of anilines is 1. The number of hydrogen-bond acceptors (Lipinski definition) is 4. The van der Waals surface area contributed by atoms with Gasteiger partial charge < -0.3 is 5.32 Å². The van der Waals surface area contributed by atoms with Gasteiger partial charge in [-0.15, -0.1) is 0 Å². The smallest absolute Gasteiger partial charge is 0.243 e. The lowest BCUT2D eigenvalue weighted by molar-refractivity contribution is 0.477. The van der Waals surface area contributed by atoms with Crippen molar-refractivity contribution in [3.05, 3.63) is 65.3 Å². The first-order chi connectivity index (χ1) is 13.5. The highest BCUT2D eigenvalue weighted by Gasteiger charge is 2.26. The minimum absolute atomic E-state index is 0.338. The Balaban J connectivity index is 1.45. The number of rotatable bonds is 6. The van der Waals surface area contributed by atoms with E-state index < -0.39 is 10.0 Å². The van der Waals surface area contributed by atoms with Crippen LogP contribution in [0.3, 0.4) is 0 Å². The predicted octanol–water partition coefficient (Wildman–Crippen LogP) is 4.13. The molecule has 0 radical (unpaired) electrons. The van der Waals surface area contributed by atoms with Crippen LogP contribution in [-0.4, -0.2) is 36.0 Å². The molecule has 1 aliphatic heterocycles. The molecule has 2 aromatic carbocycles. The molecule has 1 aromatic heterocycles. The number of nitrogens with zero attached hydrogens (tertiary/aromatic N) is 2. The van der Waals surface area contributed by atoms with Gasteiger partial charge in [0.2, 0.25) is 10.0 Å². The zero-order chi connectivity index (χ0) is 19.6. The van der Waals surface area contributed by atoms with E-state index in [2.05, 4.69) is 15.5 Å². The Morgan fingerprint density at radius 1 is 1.04 bits per heavy atom. The van der Waals surface area contributed by atoms with Gasteiger partial charge in [-0.3, -0.25) is 5.10 Å². The number of benzene rings is 2. The summed E-state index contributed by atoms with van der Waals surface area (Å²) in [5, 5.41) is 11.2. The maximum absolute atomic E-state index is 12.6. The molecule has 1 fully saturated rings. The van der Waals surface area contributed by atoms with Crippen molar-refractivity contribution in [2.24, 2.45) is 0 Å². The van der Waals surface area contributed by atoms with Gasteiger partial charge in [0, 0.05) is 35.9 Å². The molecule has 0 bridgehead atoms. The van der Waals surface area contributed by atoms with E-state index in [0.29, 0.717) is 29.6 Å². The lowest BCUT2D eigenvalue weighted by atomic mass is 10.1. The number of H-pyrrole nitrogens is 1. The maximum atomic E-state index is 12.6. The summed E-state index contributed by atoms with van der Waals surface area (Å²) in [7, 11) is -3.38. The number of aromatic nitrogens is 2. The van der Waals surface area contributed by atoms with Gasteiger partial charge in [0.1, 0.15) is 0 Å². The molecule has 8 heteroatoms. The second kappa shape index (κ2) is 7.95. The van der Waals surface area contributed by atoms with Crippen molar-refractivity contribution in [1.29, 1.82) is 0 Å². The van der Waals surface area contributed by atoms with Crippen LogP contribution >= 0.6 is 11.6 Å². The van der Waals surface area contributed by atoms with Crippen LogP contribution in [0.5, 0.6) is 0 Å². The summed E-state index contributed by atoms with van der Waals surface area (Å²) in [6.45, 7) is 1.78. The topological polar surface area (TPSA) is 78.1 Å². The Morgan fingerprint density at radius 2 is 1.71 bits per heavy atom. The lowest BCUT2D eigenvalue weighted by Gasteiger charge is -2.15.